The fourth-order valence-electron chi connectivity index (χ4n) is 7.80. The molecule has 2 aromatic carbocycles. The van der Waals surface area contributed by atoms with Gasteiger partial charge in [-0.1, -0.05) is 151 Å². The molecule has 0 spiro atoms. The molecule has 0 saturated heterocycles. The van der Waals surface area contributed by atoms with Gasteiger partial charge in [-0.05, 0) is 115 Å². The summed E-state index contributed by atoms with van der Waals surface area (Å²) in [6, 6.07) is 20.5. The Balaban J connectivity index is 0.00000124. The number of hydrogen-bond acceptors (Lipinski definition) is 10. The smallest absolute Gasteiger partial charge is 0.550 e. The van der Waals surface area contributed by atoms with Crippen molar-refractivity contribution < 1.29 is 48.3 Å². The van der Waals surface area contributed by atoms with Crippen molar-refractivity contribution in [2.45, 2.75) is 245 Å². The molecule has 0 aliphatic carbocycles. The molecule has 0 radical (unpaired) electrons. The fraction of sp³-hybridized carbons (Fsp3) is 0.704. The molecule has 4 atom stereocenters. The van der Waals surface area contributed by atoms with Gasteiger partial charge < -0.3 is 38.7 Å². The first-order valence-electron chi connectivity index (χ1n) is 25.0. The molecule has 0 fully saturated rings. The minimum Gasteiger partial charge on any atom is -0.550 e. The normalized spacial score (nSPS) is 12.7. The van der Waals surface area contributed by atoms with Crippen LogP contribution in [0.5, 0.6) is 0 Å². The predicted molar refractivity (Wildman–Crippen MR) is 258 cm³/mol. The van der Waals surface area contributed by atoms with E-state index in [0.717, 1.165) is 141 Å². The van der Waals surface area contributed by atoms with E-state index in [-0.39, 0.29) is 98.1 Å². The number of carboxylic acids is 2. The second kappa shape index (κ2) is 44.3. The van der Waals surface area contributed by atoms with E-state index >= 15 is 0 Å². The Kier molecular flexibility index (Phi) is 42.8. The predicted octanol–water partition coefficient (Wildman–Crippen LogP) is 11.1. The number of benzene rings is 2. The first-order valence-corrected chi connectivity index (χ1v) is 25.0. The van der Waals surface area contributed by atoms with E-state index in [4.69, 9.17) is 18.9 Å². The summed E-state index contributed by atoms with van der Waals surface area (Å²) in [6.07, 6.45) is 27.9. The van der Waals surface area contributed by atoms with Crippen molar-refractivity contribution in [1.82, 2.24) is 0 Å². The quantitative estimate of drug-likeness (QED) is 0.0358. The zero-order valence-corrected chi connectivity index (χ0v) is 45.5. The van der Waals surface area contributed by atoms with E-state index < -0.39 is 11.9 Å². The van der Waals surface area contributed by atoms with Crippen molar-refractivity contribution in [2.24, 2.45) is 0 Å². The maximum Gasteiger partial charge on any atom is 2.00 e. The van der Waals surface area contributed by atoms with E-state index in [1.807, 2.05) is 36.4 Å². The van der Waals surface area contributed by atoms with Crippen molar-refractivity contribution in [2.75, 3.05) is 0 Å². The molecule has 0 amide bonds. The average Bonchev–Trinajstić information content (AvgIpc) is 3.26. The summed E-state index contributed by atoms with van der Waals surface area (Å²) in [5, 5.41) is 20.7. The summed E-state index contributed by atoms with van der Waals surface area (Å²) in [5.74, 6) is -2.27. The molecule has 364 valence electrons. The minimum atomic E-state index is -0.946. The number of unbranched alkanes of at least 4 members (excludes halogenated alkanes) is 16. The molecule has 0 aliphatic heterocycles. The van der Waals surface area contributed by atoms with Gasteiger partial charge in [0.15, 0.2) is 0 Å². The first-order chi connectivity index (χ1) is 30.9. The first kappa shape index (κ1) is 62.8. The summed E-state index contributed by atoms with van der Waals surface area (Å²) in [6.45, 7) is 8.53. The number of ether oxygens (including phenoxy) is 4. The third-order valence-corrected chi connectivity index (χ3v) is 11.5. The van der Waals surface area contributed by atoms with E-state index in [1.54, 1.807) is 0 Å². The van der Waals surface area contributed by atoms with Gasteiger partial charge in [0.05, 0.1) is 25.4 Å². The maximum atomic E-state index is 11.4. The average molecular weight is 1030 g/mol. The van der Waals surface area contributed by atoms with Crippen LogP contribution in [0.15, 0.2) is 60.7 Å². The van der Waals surface area contributed by atoms with E-state index in [9.17, 15) is 29.4 Å². The second-order valence-electron chi connectivity index (χ2n) is 17.7. The van der Waals surface area contributed by atoms with E-state index in [1.165, 1.54) is 50.7 Å². The third-order valence-electron chi connectivity index (χ3n) is 11.5. The van der Waals surface area contributed by atoms with Gasteiger partial charge >= 0.3 is 60.8 Å². The van der Waals surface area contributed by atoms with Crippen molar-refractivity contribution in [3.05, 3.63) is 71.8 Å². The molecule has 0 heterocycles. The summed E-state index contributed by atoms with van der Waals surface area (Å²) < 4.78 is 22.9. The molecule has 4 unspecified atom stereocenters. The van der Waals surface area contributed by atoms with Gasteiger partial charge in [0.25, 0.3) is 0 Å². The van der Waals surface area contributed by atoms with Crippen molar-refractivity contribution >= 4 is 72.8 Å². The van der Waals surface area contributed by atoms with Crippen LogP contribution in [-0.4, -0.2) is 97.2 Å². The Bertz CT molecular complexity index is 1320. The Hall–Kier alpha value is -2.19. The second-order valence-corrected chi connectivity index (χ2v) is 17.7. The molecule has 0 bridgehead atoms. The van der Waals surface area contributed by atoms with Crippen LogP contribution in [0.3, 0.4) is 0 Å². The van der Waals surface area contributed by atoms with Crippen molar-refractivity contribution in [1.29, 1.82) is 0 Å². The molecule has 0 aliphatic rings. The fourth-order valence-corrected chi connectivity index (χ4v) is 7.80. The van der Waals surface area contributed by atoms with Gasteiger partial charge in [0.1, 0.15) is 12.2 Å². The summed E-state index contributed by atoms with van der Waals surface area (Å²) in [5.41, 5.74) is 2.40. The monoisotopic (exact) mass is 1030 g/mol. The number of aliphatic carboxylic acids is 2. The van der Waals surface area contributed by atoms with Gasteiger partial charge in [-0.2, -0.15) is 0 Å². The Morgan fingerprint density at radius 2 is 0.677 bits per heavy atom. The van der Waals surface area contributed by atoms with Crippen LogP contribution in [0, 0.1) is 0 Å². The largest absolute Gasteiger partial charge is 2.00 e. The Morgan fingerprint density at radius 1 is 0.415 bits per heavy atom. The van der Waals surface area contributed by atoms with Crippen LogP contribution in [-0.2, 0) is 51.3 Å². The molecule has 2 rings (SSSR count). The zero-order valence-electron chi connectivity index (χ0n) is 41.1. The van der Waals surface area contributed by atoms with Crippen LogP contribution >= 0.6 is 0 Å². The molecular formula is C54H86BaO10. The van der Waals surface area contributed by atoms with Crippen LogP contribution in [0.2, 0.25) is 0 Å². The molecule has 10 nitrogen and oxygen atoms in total. The van der Waals surface area contributed by atoms with Gasteiger partial charge in [-0.3, -0.25) is 9.59 Å². The number of carbonyl (C=O) groups excluding carboxylic acids is 4. The number of carboxylic acid groups (broad SMARTS) is 2. The maximum absolute atomic E-state index is 11.4. The van der Waals surface area contributed by atoms with Crippen molar-refractivity contribution in [3.63, 3.8) is 0 Å². The Labute approximate surface area is 434 Å². The van der Waals surface area contributed by atoms with Crippen LogP contribution in [0.25, 0.3) is 0 Å². The number of hydrogen-bond donors (Lipinski definition) is 0. The number of carbonyl (C=O) groups is 4. The van der Waals surface area contributed by atoms with Crippen LogP contribution in [0.1, 0.15) is 219 Å². The van der Waals surface area contributed by atoms with Gasteiger partial charge in [0.2, 0.25) is 0 Å². The SMILES string of the molecule is CC(=O)OC(CCCCCCCCCCC(=O)[O-])CCCCC(C)OCc1ccccc1.CC(=O)OC(CCCCCCCCCCC(=O)[O-])CCCCC(C)OCc1ccccc1.[Ba+2]. The molecule has 0 N–H and O–H groups in total. The van der Waals surface area contributed by atoms with E-state index in [0.29, 0.717) is 13.2 Å². The van der Waals surface area contributed by atoms with E-state index in [2.05, 4.69) is 38.1 Å². The molecule has 0 saturated carbocycles. The van der Waals surface area contributed by atoms with Crippen molar-refractivity contribution in [3.8, 4) is 0 Å². The minimum absolute atomic E-state index is 0. The molecule has 2 aromatic rings. The number of rotatable bonds is 40. The number of esters is 2. The van der Waals surface area contributed by atoms with Gasteiger partial charge in [-0.25, -0.2) is 0 Å². The molecule has 11 heteroatoms. The zero-order chi connectivity index (χ0) is 46.9. The van der Waals surface area contributed by atoms with Crippen LogP contribution < -0.4 is 10.2 Å². The molecule has 0 aromatic heterocycles. The molecule has 65 heavy (non-hydrogen) atoms. The standard InChI is InChI=1S/2C27H44O5.Ba/c2*1-23(31-22-25-17-10-9-11-18-25)16-14-15-20-26(32-24(2)28)19-12-7-5-3-4-6-8-13-21-27(29)30;/h2*9-11,17-18,23,26H,3-8,12-16,19-22H2,1-2H3,(H,29,30);/q;;+2/p-2. The third kappa shape index (κ3) is 42.9. The Morgan fingerprint density at radius 3 is 0.969 bits per heavy atom. The summed E-state index contributed by atoms with van der Waals surface area (Å²) in [7, 11) is 0. The summed E-state index contributed by atoms with van der Waals surface area (Å²) >= 11 is 0. The molecular weight excluding hydrogens is 946 g/mol. The summed E-state index contributed by atoms with van der Waals surface area (Å²) in [4.78, 5) is 43.6. The van der Waals surface area contributed by atoms with Gasteiger partial charge in [0, 0.05) is 25.8 Å². The topological polar surface area (TPSA) is 151 Å². The van der Waals surface area contributed by atoms with Crippen LogP contribution in [0.4, 0.5) is 0 Å². The van der Waals surface area contributed by atoms with Gasteiger partial charge in [-0.15, -0.1) is 0 Å².